The van der Waals surface area contributed by atoms with E-state index in [9.17, 15) is 14.7 Å². The zero-order valence-corrected chi connectivity index (χ0v) is 20.0. The largest absolute Gasteiger partial charge is 0.506 e. The molecule has 4 rings (SSSR count). The number of H-pyrrole nitrogens is 1. The Labute approximate surface area is 198 Å². The van der Waals surface area contributed by atoms with Gasteiger partial charge in [-0.3, -0.25) is 18.8 Å². The summed E-state index contributed by atoms with van der Waals surface area (Å²) in [6.07, 6.45) is 6.37. The lowest BCUT2D eigenvalue weighted by Gasteiger charge is -2.26. The lowest BCUT2D eigenvalue weighted by molar-refractivity contribution is 0.0872. The predicted molar refractivity (Wildman–Crippen MR) is 133 cm³/mol. The van der Waals surface area contributed by atoms with Crippen molar-refractivity contribution in [1.82, 2.24) is 19.2 Å². The van der Waals surface area contributed by atoms with Gasteiger partial charge < -0.3 is 10.1 Å². The molecule has 0 bridgehead atoms. The van der Waals surface area contributed by atoms with Crippen LogP contribution in [0.5, 0.6) is 5.75 Å². The molecule has 174 valence electrons. The number of nitrogens with one attached hydrogen (secondary N) is 1. The van der Waals surface area contributed by atoms with E-state index in [4.69, 9.17) is 0 Å². The molecule has 8 heteroatoms. The lowest BCUT2D eigenvalue weighted by atomic mass is 10.1. The van der Waals surface area contributed by atoms with E-state index in [2.05, 4.69) is 14.9 Å². The van der Waals surface area contributed by atoms with Gasteiger partial charge in [0, 0.05) is 30.5 Å². The molecule has 2 N–H and O–H groups in total. The molecular formula is C25H30N4O3S. The zero-order valence-electron chi connectivity index (χ0n) is 19.1. The third-order valence-electron chi connectivity index (χ3n) is 5.95. The topological polar surface area (TPSA) is 89.5 Å². The van der Waals surface area contributed by atoms with Gasteiger partial charge in [-0.05, 0) is 62.2 Å². The summed E-state index contributed by atoms with van der Waals surface area (Å²) < 4.78 is 1.70. The van der Waals surface area contributed by atoms with Crippen molar-refractivity contribution < 1.29 is 9.90 Å². The van der Waals surface area contributed by atoms with Gasteiger partial charge in [-0.1, -0.05) is 37.4 Å². The molecule has 2 heterocycles. The van der Waals surface area contributed by atoms with Gasteiger partial charge in [0.1, 0.15) is 17.0 Å². The van der Waals surface area contributed by atoms with Crippen LogP contribution in [0.3, 0.4) is 0 Å². The van der Waals surface area contributed by atoms with Gasteiger partial charge >= 0.3 is 0 Å². The molecule has 1 fully saturated rings. The van der Waals surface area contributed by atoms with Crippen molar-refractivity contribution in [2.75, 3.05) is 25.9 Å². The van der Waals surface area contributed by atoms with Gasteiger partial charge in [-0.25, -0.2) is 4.98 Å². The van der Waals surface area contributed by atoms with Crippen LogP contribution >= 0.6 is 11.9 Å². The molecule has 0 unspecified atom stereocenters. The van der Waals surface area contributed by atoms with E-state index in [1.54, 1.807) is 34.6 Å². The summed E-state index contributed by atoms with van der Waals surface area (Å²) in [6.45, 7) is 5.51. The van der Waals surface area contributed by atoms with Crippen molar-refractivity contribution in [1.29, 1.82) is 0 Å². The van der Waals surface area contributed by atoms with Crippen LogP contribution in [-0.4, -0.2) is 56.1 Å². The van der Waals surface area contributed by atoms with Crippen LogP contribution in [0.1, 0.15) is 48.5 Å². The molecule has 0 saturated carbocycles. The van der Waals surface area contributed by atoms with E-state index >= 15 is 0 Å². The van der Waals surface area contributed by atoms with E-state index in [-0.39, 0.29) is 22.9 Å². The van der Waals surface area contributed by atoms with Crippen molar-refractivity contribution in [3.8, 4) is 17.0 Å². The summed E-state index contributed by atoms with van der Waals surface area (Å²) in [5.41, 5.74) is 2.68. The van der Waals surface area contributed by atoms with E-state index in [1.165, 1.54) is 31.2 Å². The Morgan fingerprint density at radius 3 is 2.73 bits per heavy atom. The molecule has 0 spiro atoms. The molecule has 1 saturated heterocycles. The molecule has 1 aliphatic rings. The first-order valence-electron chi connectivity index (χ1n) is 11.4. The smallest absolute Gasteiger partial charge is 0.274 e. The average Bonchev–Trinajstić information content (AvgIpc) is 2.82. The average molecular weight is 467 g/mol. The third-order valence-corrected chi connectivity index (χ3v) is 6.74. The number of phenolic OH excluding ortho intramolecular Hbond substituents is 1. The fraction of sp³-hybridized carbons (Fsp3) is 0.400. The highest BCUT2D eigenvalue weighted by molar-refractivity contribution is 7.96. The zero-order chi connectivity index (χ0) is 23.4. The van der Waals surface area contributed by atoms with Crippen molar-refractivity contribution in [2.24, 2.45) is 0 Å². The molecular weight excluding hydrogens is 436 g/mol. The first-order chi connectivity index (χ1) is 16.0. The fourth-order valence-electron chi connectivity index (χ4n) is 4.32. The van der Waals surface area contributed by atoms with Crippen LogP contribution in [0.4, 0.5) is 0 Å². The first-order valence-corrected chi connectivity index (χ1v) is 12.6. The first kappa shape index (κ1) is 23.3. The number of fused-ring (bicyclic) bond motifs is 1. The van der Waals surface area contributed by atoms with E-state index in [0.29, 0.717) is 28.7 Å². The molecule has 0 aliphatic carbocycles. The summed E-state index contributed by atoms with van der Waals surface area (Å²) in [5.74, 6) is -0.0608. The maximum Gasteiger partial charge on any atom is 0.274 e. The minimum atomic E-state index is -0.350. The van der Waals surface area contributed by atoms with Crippen molar-refractivity contribution in [3.63, 3.8) is 0 Å². The number of piperidine rings is 1. The van der Waals surface area contributed by atoms with Gasteiger partial charge in [-0.15, -0.1) is 0 Å². The number of amides is 1. The van der Waals surface area contributed by atoms with Crippen LogP contribution in [-0.2, 0) is 6.54 Å². The SMILES string of the molecule is CCCN(SC)C(=O)c1cccc(-c2nc3c(O)cc(CN4CCCCC4)cc3[nH]c2=O)c1. The Hall–Kier alpha value is -2.84. The molecule has 1 amide bonds. The van der Waals surface area contributed by atoms with E-state index in [1.807, 2.05) is 19.2 Å². The summed E-state index contributed by atoms with van der Waals surface area (Å²) in [5, 5.41) is 10.7. The minimum absolute atomic E-state index is 0.0424. The van der Waals surface area contributed by atoms with Crippen LogP contribution in [0.15, 0.2) is 41.2 Å². The highest BCUT2D eigenvalue weighted by Gasteiger charge is 2.18. The Bertz CT molecular complexity index is 1200. The summed E-state index contributed by atoms with van der Waals surface area (Å²) >= 11 is 1.38. The molecule has 1 aliphatic heterocycles. The fourth-order valence-corrected chi connectivity index (χ4v) is 4.96. The summed E-state index contributed by atoms with van der Waals surface area (Å²) in [7, 11) is 0. The Kier molecular flexibility index (Phi) is 7.35. The number of carbonyl (C=O) groups excluding carboxylic acids is 1. The van der Waals surface area contributed by atoms with Crippen LogP contribution in [0.2, 0.25) is 0 Å². The molecule has 0 radical (unpaired) electrons. The maximum atomic E-state index is 12.9. The molecule has 2 aromatic carbocycles. The van der Waals surface area contributed by atoms with Crippen LogP contribution in [0.25, 0.3) is 22.3 Å². The van der Waals surface area contributed by atoms with Gasteiger partial charge in [0.25, 0.3) is 11.5 Å². The minimum Gasteiger partial charge on any atom is -0.506 e. The van der Waals surface area contributed by atoms with Crippen molar-refractivity contribution >= 4 is 28.9 Å². The summed E-state index contributed by atoms with van der Waals surface area (Å²) in [6, 6.07) is 10.6. The molecule has 1 aromatic heterocycles. The van der Waals surface area contributed by atoms with Crippen molar-refractivity contribution in [2.45, 2.75) is 39.2 Å². The Balaban J connectivity index is 1.67. The number of phenols is 1. The second-order valence-corrected chi connectivity index (χ2v) is 9.24. The van der Waals surface area contributed by atoms with Gasteiger partial charge in [-0.2, -0.15) is 0 Å². The monoisotopic (exact) mass is 466 g/mol. The van der Waals surface area contributed by atoms with Gasteiger partial charge in [0.15, 0.2) is 0 Å². The molecule has 33 heavy (non-hydrogen) atoms. The number of hydrogen-bond donors (Lipinski definition) is 2. The Morgan fingerprint density at radius 2 is 2.00 bits per heavy atom. The second-order valence-electron chi connectivity index (χ2n) is 8.43. The predicted octanol–water partition coefficient (Wildman–Crippen LogP) is 4.41. The van der Waals surface area contributed by atoms with Gasteiger partial charge in [0.2, 0.25) is 0 Å². The number of benzene rings is 2. The number of rotatable bonds is 7. The maximum absolute atomic E-state index is 12.9. The normalized spacial score (nSPS) is 14.5. The highest BCUT2D eigenvalue weighted by atomic mass is 32.2. The number of nitrogens with zero attached hydrogens (tertiary/aromatic N) is 3. The Morgan fingerprint density at radius 1 is 1.21 bits per heavy atom. The number of aromatic amines is 1. The van der Waals surface area contributed by atoms with E-state index in [0.717, 1.165) is 31.6 Å². The number of hydrogen-bond acceptors (Lipinski definition) is 6. The molecule has 0 atom stereocenters. The number of likely N-dealkylation sites (tertiary alicyclic amines) is 1. The van der Waals surface area contributed by atoms with Crippen LogP contribution < -0.4 is 5.56 Å². The summed E-state index contributed by atoms with van der Waals surface area (Å²) in [4.78, 5) is 35.5. The number of aromatic nitrogens is 2. The standard InChI is InChI=1S/C25H30N4O3S/c1-3-10-29(33-2)25(32)19-9-7-8-18(15-19)22-24(31)26-20-13-17(14-21(30)23(20)27-22)16-28-11-5-4-6-12-28/h7-9,13-15,30H,3-6,10-12,16H2,1-2H3,(H,26,31). The van der Waals surface area contributed by atoms with E-state index < -0.39 is 0 Å². The number of carbonyl (C=O) groups is 1. The highest BCUT2D eigenvalue weighted by Crippen LogP contribution is 2.27. The third kappa shape index (κ3) is 5.23. The second kappa shape index (κ2) is 10.4. The van der Waals surface area contributed by atoms with Crippen molar-refractivity contribution in [3.05, 3.63) is 57.9 Å². The van der Waals surface area contributed by atoms with Gasteiger partial charge in [0.05, 0.1) is 5.52 Å². The lowest BCUT2D eigenvalue weighted by Crippen LogP contribution is -2.29. The quantitative estimate of drug-likeness (QED) is 0.501. The number of aromatic hydroxyl groups is 1. The van der Waals surface area contributed by atoms with Crippen LogP contribution in [0, 0.1) is 0 Å². The molecule has 7 nitrogen and oxygen atoms in total. The molecule has 3 aromatic rings.